The van der Waals surface area contributed by atoms with E-state index in [1.807, 2.05) is 49.4 Å². The van der Waals surface area contributed by atoms with Crippen LogP contribution in [-0.4, -0.2) is 65.6 Å². The van der Waals surface area contributed by atoms with Gasteiger partial charge in [-0.15, -0.1) is 5.10 Å². The van der Waals surface area contributed by atoms with Crippen LogP contribution in [0.25, 0.3) is 0 Å². The molecule has 0 unspecified atom stereocenters. The van der Waals surface area contributed by atoms with E-state index in [0.29, 0.717) is 24.0 Å². The minimum Gasteiger partial charge on any atom is -0.481 e. The normalized spacial score (nSPS) is 14.1. The SMILES string of the molecule is Cc1cccc(CCc2ccc(OC(=O)N3CCC(Sc4nnnn4CCC(=O)O)CC3)cc2)n1. The van der Waals surface area contributed by atoms with Crippen molar-refractivity contribution < 1.29 is 19.4 Å². The van der Waals surface area contributed by atoms with Crippen LogP contribution in [0, 0.1) is 6.92 Å². The van der Waals surface area contributed by atoms with Crippen LogP contribution in [0.1, 0.15) is 36.2 Å². The second-order valence-corrected chi connectivity index (χ2v) is 9.68. The van der Waals surface area contributed by atoms with Crippen molar-refractivity contribution in [3.8, 4) is 5.75 Å². The van der Waals surface area contributed by atoms with Crippen molar-refractivity contribution in [3.63, 3.8) is 0 Å². The molecule has 0 atom stereocenters. The minimum absolute atomic E-state index is 0.0339. The Morgan fingerprint density at radius 3 is 2.60 bits per heavy atom. The number of carbonyl (C=O) groups excluding carboxylic acids is 1. The lowest BCUT2D eigenvalue weighted by Crippen LogP contribution is -2.41. The fraction of sp³-hybridized carbons (Fsp3) is 0.417. The monoisotopic (exact) mass is 496 g/mol. The molecular weight excluding hydrogens is 468 g/mol. The number of piperidine rings is 1. The highest BCUT2D eigenvalue weighted by atomic mass is 32.2. The fourth-order valence-electron chi connectivity index (χ4n) is 3.83. The van der Waals surface area contributed by atoms with Gasteiger partial charge in [0.25, 0.3) is 0 Å². The van der Waals surface area contributed by atoms with E-state index in [1.165, 1.54) is 16.4 Å². The highest BCUT2D eigenvalue weighted by Crippen LogP contribution is 2.29. The lowest BCUT2D eigenvalue weighted by Gasteiger charge is -2.30. The molecule has 184 valence electrons. The van der Waals surface area contributed by atoms with Gasteiger partial charge in [-0.1, -0.05) is 30.0 Å². The molecule has 1 N–H and O–H groups in total. The Hall–Kier alpha value is -3.47. The van der Waals surface area contributed by atoms with Crippen LogP contribution in [0.15, 0.2) is 47.6 Å². The van der Waals surface area contributed by atoms with Gasteiger partial charge >= 0.3 is 12.1 Å². The van der Waals surface area contributed by atoms with E-state index in [0.717, 1.165) is 42.6 Å². The minimum atomic E-state index is -0.891. The van der Waals surface area contributed by atoms with Crippen molar-refractivity contribution in [2.24, 2.45) is 0 Å². The molecule has 1 saturated heterocycles. The van der Waals surface area contributed by atoms with E-state index >= 15 is 0 Å². The molecule has 0 spiro atoms. The molecule has 3 aromatic rings. The predicted molar refractivity (Wildman–Crippen MR) is 129 cm³/mol. The molecule has 0 saturated carbocycles. The number of likely N-dealkylation sites (tertiary alicyclic amines) is 1. The van der Waals surface area contributed by atoms with Crippen molar-refractivity contribution in [3.05, 3.63) is 59.4 Å². The van der Waals surface area contributed by atoms with Crippen LogP contribution in [-0.2, 0) is 24.2 Å². The van der Waals surface area contributed by atoms with E-state index in [9.17, 15) is 9.59 Å². The van der Waals surface area contributed by atoms with Crippen molar-refractivity contribution in [2.45, 2.75) is 56.0 Å². The molecule has 1 fully saturated rings. The number of aliphatic carboxylic acids is 1. The number of nitrogens with zero attached hydrogens (tertiary/aromatic N) is 6. The molecule has 11 heteroatoms. The average molecular weight is 497 g/mol. The summed E-state index contributed by atoms with van der Waals surface area (Å²) in [6, 6.07) is 13.7. The maximum absolute atomic E-state index is 12.6. The first kappa shape index (κ1) is 24.6. The maximum atomic E-state index is 12.6. The van der Waals surface area contributed by atoms with Gasteiger partial charge in [0, 0.05) is 29.7 Å². The Kier molecular flexibility index (Phi) is 8.30. The van der Waals surface area contributed by atoms with Gasteiger partial charge in [0.1, 0.15) is 5.75 Å². The molecule has 1 aliphatic rings. The maximum Gasteiger partial charge on any atom is 0.415 e. The number of hydrogen-bond acceptors (Lipinski definition) is 8. The first-order valence-corrected chi connectivity index (χ1v) is 12.5. The third-order valence-corrected chi connectivity index (χ3v) is 7.06. The Labute approximate surface area is 207 Å². The highest BCUT2D eigenvalue weighted by molar-refractivity contribution is 7.99. The molecule has 0 bridgehead atoms. The van der Waals surface area contributed by atoms with Crippen molar-refractivity contribution in [1.82, 2.24) is 30.1 Å². The summed E-state index contributed by atoms with van der Waals surface area (Å²) in [5.74, 6) is -0.362. The summed E-state index contributed by atoms with van der Waals surface area (Å²) in [5.41, 5.74) is 3.25. The number of amides is 1. The second kappa shape index (κ2) is 11.8. The number of hydrogen-bond donors (Lipinski definition) is 1. The van der Waals surface area contributed by atoms with Crippen LogP contribution in [0.2, 0.25) is 0 Å². The number of ether oxygens (including phenoxy) is 1. The second-order valence-electron chi connectivity index (χ2n) is 8.41. The molecule has 0 radical (unpaired) electrons. The van der Waals surface area contributed by atoms with E-state index < -0.39 is 5.97 Å². The van der Waals surface area contributed by atoms with E-state index in [2.05, 4.69) is 20.5 Å². The summed E-state index contributed by atoms with van der Waals surface area (Å²) in [5, 5.41) is 21.2. The van der Waals surface area contributed by atoms with Gasteiger partial charge in [0.15, 0.2) is 0 Å². The van der Waals surface area contributed by atoms with Crippen molar-refractivity contribution in [1.29, 1.82) is 0 Å². The topological polar surface area (TPSA) is 123 Å². The quantitative estimate of drug-likeness (QED) is 0.475. The molecule has 4 rings (SSSR count). The largest absolute Gasteiger partial charge is 0.481 e. The number of rotatable bonds is 9. The summed E-state index contributed by atoms with van der Waals surface area (Å²) in [7, 11) is 0. The molecule has 0 aliphatic carbocycles. The van der Waals surface area contributed by atoms with Gasteiger partial charge in [-0.25, -0.2) is 9.48 Å². The Bertz CT molecular complexity index is 1140. The molecule has 2 aromatic heterocycles. The van der Waals surface area contributed by atoms with Crippen LogP contribution in [0.3, 0.4) is 0 Å². The molecule has 35 heavy (non-hydrogen) atoms. The van der Waals surface area contributed by atoms with Crippen LogP contribution in [0.5, 0.6) is 5.75 Å². The fourth-order valence-corrected chi connectivity index (χ4v) is 4.91. The zero-order chi connectivity index (χ0) is 24.6. The zero-order valence-corrected chi connectivity index (χ0v) is 20.4. The number of pyridine rings is 1. The predicted octanol–water partition coefficient (Wildman–Crippen LogP) is 3.39. The number of tetrazole rings is 1. The first-order valence-electron chi connectivity index (χ1n) is 11.6. The van der Waals surface area contributed by atoms with Gasteiger partial charge in [0.05, 0.1) is 13.0 Å². The lowest BCUT2D eigenvalue weighted by molar-refractivity contribution is -0.137. The summed E-state index contributed by atoms with van der Waals surface area (Å²) in [4.78, 5) is 29.7. The van der Waals surface area contributed by atoms with E-state index in [4.69, 9.17) is 9.84 Å². The molecule has 1 aromatic carbocycles. The number of benzene rings is 1. The van der Waals surface area contributed by atoms with Gasteiger partial charge in [-0.2, -0.15) is 0 Å². The van der Waals surface area contributed by atoms with E-state index in [1.54, 1.807) is 4.90 Å². The van der Waals surface area contributed by atoms with Gasteiger partial charge in [-0.3, -0.25) is 9.78 Å². The van der Waals surface area contributed by atoms with Crippen molar-refractivity contribution in [2.75, 3.05) is 13.1 Å². The lowest BCUT2D eigenvalue weighted by atomic mass is 10.1. The molecule has 1 amide bonds. The highest BCUT2D eigenvalue weighted by Gasteiger charge is 2.26. The Balaban J connectivity index is 1.21. The summed E-state index contributed by atoms with van der Waals surface area (Å²) in [6.07, 6.45) is 2.90. The number of thioether (sulfide) groups is 1. The van der Waals surface area contributed by atoms with Gasteiger partial charge in [0.2, 0.25) is 5.16 Å². The standard InChI is InChI=1S/C24H28N6O4S/c1-17-3-2-4-19(25-17)8-5-18-6-9-20(10-7-18)34-24(33)29-14-11-21(12-15-29)35-23-26-27-28-30(23)16-13-22(31)32/h2-4,6-7,9-10,21H,5,8,11-16H2,1H3,(H,31,32). The van der Waals surface area contributed by atoms with E-state index in [-0.39, 0.29) is 24.3 Å². The number of carboxylic acid groups (broad SMARTS) is 1. The summed E-state index contributed by atoms with van der Waals surface area (Å²) < 4.78 is 7.09. The number of aryl methyl sites for hydroxylation is 4. The summed E-state index contributed by atoms with van der Waals surface area (Å²) >= 11 is 1.52. The Morgan fingerprint density at radius 1 is 1.11 bits per heavy atom. The third-order valence-electron chi connectivity index (χ3n) is 5.75. The molecular formula is C24H28N6O4S. The smallest absolute Gasteiger partial charge is 0.415 e. The molecule has 1 aliphatic heterocycles. The number of carboxylic acids is 1. The first-order chi connectivity index (χ1) is 17.0. The zero-order valence-electron chi connectivity index (χ0n) is 19.5. The van der Waals surface area contributed by atoms with Crippen molar-refractivity contribution >= 4 is 23.8 Å². The van der Waals surface area contributed by atoms with Crippen LogP contribution < -0.4 is 4.74 Å². The Morgan fingerprint density at radius 2 is 1.89 bits per heavy atom. The molecule has 3 heterocycles. The van der Waals surface area contributed by atoms with Gasteiger partial charge in [-0.05, 0) is 72.9 Å². The average Bonchev–Trinajstić information content (AvgIpc) is 3.29. The number of aromatic nitrogens is 5. The summed E-state index contributed by atoms with van der Waals surface area (Å²) in [6.45, 7) is 3.38. The van der Waals surface area contributed by atoms with Crippen LogP contribution >= 0.6 is 11.8 Å². The van der Waals surface area contributed by atoms with Gasteiger partial charge < -0.3 is 14.7 Å². The number of carbonyl (C=O) groups is 2. The molecule has 10 nitrogen and oxygen atoms in total. The third kappa shape index (κ3) is 7.25. The van der Waals surface area contributed by atoms with Crippen LogP contribution in [0.4, 0.5) is 4.79 Å².